The van der Waals surface area contributed by atoms with Gasteiger partial charge >= 0.3 is 0 Å². The van der Waals surface area contributed by atoms with Crippen molar-refractivity contribution in [2.75, 3.05) is 11.1 Å². The Balaban J connectivity index is 1.50. The van der Waals surface area contributed by atoms with Gasteiger partial charge in [0.2, 0.25) is 11.8 Å². The van der Waals surface area contributed by atoms with Gasteiger partial charge in [0.15, 0.2) is 5.13 Å². The van der Waals surface area contributed by atoms with Crippen LogP contribution in [0.1, 0.15) is 19.8 Å². The Bertz CT molecular complexity index is 856. The number of amides is 2. The van der Waals surface area contributed by atoms with Crippen molar-refractivity contribution in [1.82, 2.24) is 9.88 Å². The number of thioether (sulfide) groups is 1. The van der Waals surface area contributed by atoms with Gasteiger partial charge in [0.1, 0.15) is 6.04 Å². The number of hydrogen-bond donors (Lipinski definition) is 1. The van der Waals surface area contributed by atoms with Crippen molar-refractivity contribution in [2.45, 2.75) is 30.7 Å². The van der Waals surface area contributed by atoms with Crippen LogP contribution in [0.4, 0.5) is 5.13 Å². The quantitative estimate of drug-likeness (QED) is 0.788. The molecule has 5 nitrogen and oxygen atoms in total. The van der Waals surface area contributed by atoms with Crippen molar-refractivity contribution in [2.24, 2.45) is 0 Å². The van der Waals surface area contributed by atoms with E-state index in [1.54, 1.807) is 16.7 Å². The first-order chi connectivity index (χ1) is 12.0. The smallest absolute Gasteiger partial charge is 0.249 e. The van der Waals surface area contributed by atoms with Crippen LogP contribution in [0.2, 0.25) is 0 Å². The highest BCUT2D eigenvalue weighted by molar-refractivity contribution is 9.10. The molecule has 1 N–H and O–H groups in total. The molecule has 1 aromatic heterocycles. The van der Waals surface area contributed by atoms with E-state index >= 15 is 0 Å². The fourth-order valence-electron chi connectivity index (χ4n) is 3.31. The summed E-state index contributed by atoms with van der Waals surface area (Å²) in [7, 11) is 0. The molecule has 0 saturated carbocycles. The minimum atomic E-state index is -0.414. The van der Waals surface area contributed by atoms with Crippen LogP contribution in [0, 0.1) is 0 Å². The summed E-state index contributed by atoms with van der Waals surface area (Å²) in [6.07, 6.45) is 1.34. The maximum absolute atomic E-state index is 12.7. The number of aromatic nitrogens is 1. The van der Waals surface area contributed by atoms with E-state index in [2.05, 4.69) is 26.2 Å². The predicted molar refractivity (Wildman–Crippen MR) is 105 cm³/mol. The van der Waals surface area contributed by atoms with Crippen LogP contribution in [0.25, 0.3) is 11.3 Å². The number of hydrogen-bond acceptors (Lipinski definition) is 5. The average molecular weight is 438 g/mol. The van der Waals surface area contributed by atoms with Gasteiger partial charge in [-0.1, -0.05) is 28.1 Å². The molecule has 2 aliphatic rings. The first-order valence-electron chi connectivity index (χ1n) is 7.95. The van der Waals surface area contributed by atoms with Crippen molar-refractivity contribution < 1.29 is 9.59 Å². The average Bonchev–Trinajstić information content (AvgIpc) is 3.24. The fourth-order valence-corrected chi connectivity index (χ4v) is 5.87. The monoisotopic (exact) mass is 437 g/mol. The standard InChI is InChI=1S/C17H16BrN3O2S2/c1-17-6-5-14(22)21(17)13(9-25-17)15(23)20-16-19-12(8-24-16)10-3-2-4-11(18)7-10/h2-4,7-8,13H,5-6,9H2,1H3,(H,19,20,23). The zero-order valence-electron chi connectivity index (χ0n) is 13.5. The number of anilines is 1. The van der Waals surface area contributed by atoms with E-state index in [4.69, 9.17) is 0 Å². The summed E-state index contributed by atoms with van der Waals surface area (Å²) in [5.74, 6) is 0.557. The molecule has 25 heavy (non-hydrogen) atoms. The lowest BCUT2D eigenvalue weighted by Gasteiger charge is -2.29. The van der Waals surface area contributed by atoms with Gasteiger partial charge in [0.25, 0.3) is 0 Å². The first-order valence-corrected chi connectivity index (χ1v) is 10.6. The Kier molecular flexibility index (Phi) is 4.37. The van der Waals surface area contributed by atoms with Crippen LogP contribution < -0.4 is 5.32 Å². The second-order valence-corrected chi connectivity index (χ2v) is 9.58. The number of carbonyl (C=O) groups is 2. The molecular formula is C17H16BrN3O2S2. The van der Waals surface area contributed by atoms with Crippen LogP contribution in [0.5, 0.6) is 0 Å². The second-order valence-electron chi connectivity index (χ2n) is 6.30. The lowest BCUT2D eigenvalue weighted by atomic mass is 10.2. The van der Waals surface area contributed by atoms with E-state index < -0.39 is 6.04 Å². The number of thiazole rings is 1. The lowest BCUT2D eigenvalue weighted by molar-refractivity contribution is -0.135. The number of fused-ring (bicyclic) bond motifs is 1. The van der Waals surface area contributed by atoms with E-state index in [0.29, 0.717) is 17.3 Å². The third-order valence-corrected chi connectivity index (χ3v) is 7.36. The molecule has 3 heterocycles. The normalized spacial score (nSPS) is 25.3. The number of nitrogens with one attached hydrogen (secondary N) is 1. The van der Waals surface area contributed by atoms with Gasteiger partial charge in [-0.2, -0.15) is 0 Å². The minimum Gasteiger partial charge on any atom is -0.315 e. The number of nitrogens with zero attached hydrogens (tertiary/aromatic N) is 2. The molecule has 2 amide bonds. The summed E-state index contributed by atoms with van der Waals surface area (Å²) in [5, 5.41) is 5.37. The van der Waals surface area contributed by atoms with Crippen LogP contribution >= 0.6 is 39.0 Å². The van der Waals surface area contributed by atoms with E-state index in [-0.39, 0.29) is 16.7 Å². The summed E-state index contributed by atoms with van der Waals surface area (Å²) in [6, 6.07) is 7.46. The molecule has 0 spiro atoms. The Hall–Kier alpha value is -1.38. The van der Waals surface area contributed by atoms with Crippen LogP contribution in [-0.2, 0) is 9.59 Å². The van der Waals surface area contributed by atoms with Crippen molar-refractivity contribution in [3.05, 3.63) is 34.1 Å². The van der Waals surface area contributed by atoms with Crippen molar-refractivity contribution in [3.63, 3.8) is 0 Å². The van der Waals surface area contributed by atoms with E-state index in [9.17, 15) is 9.59 Å². The van der Waals surface area contributed by atoms with E-state index in [1.165, 1.54) is 11.3 Å². The van der Waals surface area contributed by atoms with Gasteiger partial charge < -0.3 is 10.2 Å². The number of halogens is 1. The number of benzene rings is 1. The summed E-state index contributed by atoms with van der Waals surface area (Å²) >= 11 is 6.54. The molecule has 2 aliphatic heterocycles. The van der Waals surface area contributed by atoms with Gasteiger partial charge in [-0.3, -0.25) is 9.59 Å². The maximum Gasteiger partial charge on any atom is 0.249 e. The molecule has 2 fully saturated rings. The largest absolute Gasteiger partial charge is 0.315 e. The molecule has 0 radical (unpaired) electrons. The topological polar surface area (TPSA) is 62.3 Å². The van der Waals surface area contributed by atoms with Gasteiger partial charge in [-0.25, -0.2) is 4.98 Å². The molecule has 2 aromatic rings. The number of carbonyl (C=O) groups excluding carboxylic acids is 2. The maximum atomic E-state index is 12.7. The molecular weight excluding hydrogens is 422 g/mol. The summed E-state index contributed by atoms with van der Waals surface area (Å²) in [5.41, 5.74) is 1.81. The van der Waals surface area contributed by atoms with E-state index in [0.717, 1.165) is 22.2 Å². The van der Waals surface area contributed by atoms with Gasteiger partial charge in [-0.15, -0.1) is 23.1 Å². The first kappa shape index (κ1) is 17.1. The predicted octanol–water partition coefficient (Wildman–Crippen LogP) is 3.97. The van der Waals surface area contributed by atoms with Crippen molar-refractivity contribution >= 4 is 56.0 Å². The highest BCUT2D eigenvalue weighted by Crippen LogP contribution is 2.47. The lowest BCUT2D eigenvalue weighted by Crippen LogP contribution is -2.48. The van der Waals surface area contributed by atoms with Gasteiger partial charge in [0.05, 0.1) is 10.6 Å². The third kappa shape index (κ3) is 3.11. The third-order valence-electron chi connectivity index (χ3n) is 4.60. The Labute approximate surface area is 162 Å². The SMILES string of the molecule is CC12CCC(=O)N1C(C(=O)Nc1nc(-c3cccc(Br)c3)cs1)CS2. The zero-order valence-corrected chi connectivity index (χ0v) is 16.7. The molecule has 2 atom stereocenters. The molecule has 4 rings (SSSR count). The van der Waals surface area contributed by atoms with Crippen LogP contribution in [0.3, 0.4) is 0 Å². The number of rotatable bonds is 3. The van der Waals surface area contributed by atoms with E-state index in [1.807, 2.05) is 36.6 Å². The van der Waals surface area contributed by atoms with Crippen molar-refractivity contribution in [1.29, 1.82) is 0 Å². The zero-order chi connectivity index (χ0) is 17.6. The molecule has 8 heteroatoms. The van der Waals surface area contributed by atoms with Gasteiger partial charge in [-0.05, 0) is 25.5 Å². The fraction of sp³-hybridized carbons (Fsp3) is 0.353. The Morgan fingerprint density at radius 3 is 3.12 bits per heavy atom. The molecule has 2 unspecified atom stereocenters. The van der Waals surface area contributed by atoms with Crippen LogP contribution in [0.15, 0.2) is 34.1 Å². The van der Waals surface area contributed by atoms with Gasteiger partial charge in [0, 0.05) is 27.6 Å². The summed E-state index contributed by atoms with van der Waals surface area (Å²) in [4.78, 5) is 30.9. The summed E-state index contributed by atoms with van der Waals surface area (Å²) in [6.45, 7) is 2.05. The molecule has 130 valence electrons. The molecule has 1 aromatic carbocycles. The molecule has 2 saturated heterocycles. The molecule has 0 bridgehead atoms. The Morgan fingerprint density at radius 1 is 1.48 bits per heavy atom. The van der Waals surface area contributed by atoms with Crippen molar-refractivity contribution in [3.8, 4) is 11.3 Å². The summed E-state index contributed by atoms with van der Waals surface area (Å²) < 4.78 is 0.985. The minimum absolute atomic E-state index is 0.0709. The highest BCUT2D eigenvalue weighted by atomic mass is 79.9. The molecule has 0 aliphatic carbocycles. The second kappa shape index (κ2) is 6.41. The Morgan fingerprint density at radius 2 is 2.32 bits per heavy atom. The highest BCUT2D eigenvalue weighted by Gasteiger charge is 2.52. The van der Waals surface area contributed by atoms with Crippen LogP contribution in [-0.4, -0.2) is 38.4 Å².